The first-order valence-corrected chi connectivity index (χ1v) is 6.74. The first kappa shape index (κ1) is 15.0. The predicted octanol–water partition coefficient (Wildman–Crippen LogP) is 1.14. The number of rotatable bonds is 3. The molecule has 1 N–H and O–H groups in total. The molecule has 2 amide bonds. The maximum absolute atomic E-state index is 12.3. The van der Waals surface area contributed by atoms with Crippen LogP contribution in [0.5, 0.6) is 0 Å². The fourth-order valence-corrected chi connectivity index (χ4v) is 2.41. The number of likely N-dealkylation sites (N-methyl/N-ethyl adjacent to an activating group) is 1. The van der Waals surface area contributed by atoms with Crippen LogP contribution in [0.1, 0.15) is 29.8 Å². The van der Waals surface area contributed by atoms with Crippen LogP contribution in [0.4, 0.5) is 5.69 Å². The molecule has 2 rings (SSSR count). The Morgan fingerprint density at radius 2 is 2.00 bits per heavy atom. The summed E-state index contributed by atoms with van der Waals surface area (Å²) in [5.41, 5.74) is 2.20. The molecule has 0 saturated carbocycles. The van der Waals surface area contributed by atoms with Gasteiger partial charge in [-0.25, -0.2) is 4.79 Å². The van der Waals surface area contributed by atoms with Gasteiger partial charge in [0.1, 0.15) is 6.04 Å². The van der Waals surface area contributed by atoms with E-state index in [1.807, 2.05) is 0 Å². The molecule has 6 heteroatoms. The molecule has 1 aromatic rings. The lowest BCUT2D eigenvalue weighted by atomic mass is 10.1. The minimum absolute atomic E-state index is 0.0237. The van der Waals surface area contributed by atoms with Crippen molar-refractivity contribution >= 4 is 23.5 Å². The highest BCUT2D eigenvalue weighted by atomic mass is 16.4. The van der Waals surface area contributed by atoms with Crippen LogP contribution < -0.4 is 4.90 Å². The van der Waals surface area contributed by atoms with Crippen molar-refractivity contribution in [1.29, 1.82) is 0 Å². The van der Waals surface area contributed by atoms with Gasteiger partial charge in [-0.3, -0.25) is 9.59 Å². The third kappa shape index (κ3) is 2.74. The standard InChI is InChI=1S/C15H18N2O4/c1-9(15(20)21)16(3)14(19)12-4-5-13-11(8-12)6-7-17(13)10(2)18/h4-5,8-9H,6-7H2,1-3H3,(H,20,21)/t9-/m0/s1. The van der Waals surface area contributed by atoms with E-state index in [1.165, 1.54) is 25.8 Å². The monoisotopic (exact) mass is 290 g/mol. The van der Waals surface area contributed by atoms with Gasteiger partial charge in [-0.15, -0.1) is 0 Å². The van der Waals surface area contributed by atoms with Crippen molar-refractivity contribution in [3.8, 4) is 0 Å². The van der Waals surface area contributed by atoms with Gasteiger partial charge >= 0.3 is 5.97 Å². The lowest BCUT2D eigenvalue weighted by Gasteiger charge is -2.22. The molecule has 1 aliphatic rings. The topological polar surface area (TPSA) is 77.9 Å². The van der Waals surface area contributed by atoms with E-state index in [2.05, 4.69) is 0 Å². The van der Waals surface area contributed by atoms with Crippen LogP contribution in [0.25, 0.3) is 0 Å². The molecule has 0 spiro atoms. The summed E-state index contributed by atoms with van der Waals surface area (Å²) in [6, 6.07) is 4.23. The van der Waals surface area contributed by atoms with Crippen LogP contribution in [-0.4, -0.2) is 47.4 Å². The number of nitrogens with zero attached hydrogens (tertiary/aromatic N) is 2. The number of carboxylic acid groups (broad SMARTS) is 1. The lowest BCUT2D eigenvalue weighted by Crippen LogP contribution is -2.40. The minimum Gasteiger partial charge on any atom is -0.480 e. The summed E-state index contributed by atoms with van der Waals surface area (Å²) in [5, 5.41) is 8.96. The Hall–Kier alpha value is -2.37. The zero-order valence-electron chi connectivity index (χ0n) is 12.3. The van der Waals surface area contributed by atoms with Gasteiger partial charge in [0, 0.05) is 31.8 Å². The van der Waals surface area contributed by atoms with Gasteiger partial charge in [-0.05, 0) is 37.1 Å². The van der Waals surface area contributed by atoms with Crippen LogP contribution in [0.2, 0.25) is 0 Å². The Morgan fingerprint density at radius 3 is 2.57 bits per heavy atom. The highest BCUT2D eigenvalue weighted by Gasteiger charge is 2.26. The molecule has 6 nitrogen and oxygen atoms in total. The van der Waals surface area contributed by atoms with Crippen molar-refractivity contribution < 1.29 is 19.5 Å². The van der Waals surface area contributed by atoms with Crippen molar-refractivity contribution in [2.75, 3.05) is 18.5 Å². The predicted molar refractivity (Wildman–Crippen MR) is 77.4 cm³/mol. The summed E-state index contributed by atoms with van der Waals surface area (Å²) in [4.78, 5) is 37.6. The van der Waals surface area contributed by atoms with Gasteiger partial charge in [-0.1, -0.05) is 0 Å². The Kier molecular flexibility index (Phi) is 3.97. The zero-order valence-corrected chi connectivity index (χ0v) is 12.3. The Labute approximate surface area is 123 Å². The number of aliphatic carboxylic acids is 1. The van der Waals surface area contributed by atoms with Crippen molar-refractivity contribution in [2.24, 2.45) is 0 Å². The van der Waals surface area contributed by atoms with Gasteiger partial charge < -0.3 is 14.9 Å². The molecular weight excluding hydrogens is 272 g/mol. The molecule has 0 aromatic heterocycles. The summed E-state index contributed by atoms with van der Waals surface area (Å²) >= 11 is 0. The second-order valence-electron chi connectivity index (χ2n) is 5.19. The third-order valence-electron chi connectivity index (χ3n) is 3.86. The largest absolute Gasteiger partial charge is 0.480 e. The Bertz CT molecular complexity index is 612. The van der Waals surface area contributed by atoms with Crippen molar-refractivity contribution in [1.82, 2.24) is 4.90 Å². The van der Waals surface area contributed by atoms with Gasteiger partial charge in [0.05, 0.1) is 0 Å². The minimum atomic E-state index is -1.05. The second kappa shape index (κ2) is 5.55. The van der Waals surface area contributed by atoms with E-state index in [0.717, 1.165) is 11.3 Å². The van der Waals surface area contributed by atoms with Crippen molar-refractivity contribution in [3.63, 3.8) is 0 Å². The quantitative estimate of drug-likeness (QED) is 0.905. The molecule has 0 unspecified atom stereocenters. The molecule has 0 aliphatic carbocycles. The fourth-order valence-electron chi connectivity index (χ4n) is 2.41. The second-order valence-corrected chi connectivity index (χ2v) is 5.19. The van der Waals surface area contributed by atoms with Crippen molar-refractivity contribution in [2.45, 2.75) is 26.3 Å². The number of hydrogen-bond donors (Lipinski definition) is 1. The van der Waals surface area contributed by atoms with E-state index in [0.29, 0.717) is 18.5 Å². The van der Waals surface area contributed by atoms with Crippen LogP contribution >= 0.6 is 0 Å². The molecule has 0 fully saturated rings. The Morgan fingerprint density at radius 1 is 1.33 bits per heavy atom. The van der Waals surface area contributed by atoms with Crippen LogP contribution in [0, 0.1) is 0 Å². The molecule has 0 saturated heterocycles. The Balaban J connectivity index is 2.26. The van der Waals surface area contributed by atoms with Crippen molar-refractivity contribution in [3.05, 3.63) is 29.3 Å². The highest BCUT2D eigenvalue weighted by molar-refractivity contribution is 5.99. The van der Waals surface area contributed by atoms with Crippen LogP contribution in [0.3, 0.4) is 0 Å². The third-order valence-corrected chi connectivity index (χ3v) is 3.86. The summed E-state index contributed by atoms with van der Waals surface area (Å²) in [6.07, 6.45) is 0.703. The molecule has 1 aromatic carbocycles. The molecular formula is C15H18N2O4. The van der Waals surface area contributed by atoms with E-state index in [1.54, 1.807) is 23.1 Å². The zero-order chi connectivity index (χ0) is 15.7. The number of hydrogen-bond acceptors (Lipinski definition) is 3. The first-order chi connectivity index (χ1) is 9.82. The smallest absolute Gasteiger partial charge is 0.326 e. The number of benzene rings is 1. The average Bonchev–Trinajstić information content (AvgIpc) is 2.87. The van der Waals surface area contributed by atoms with E-state index in [-0.39, 0.29) is 11.8 Å². The van der Waals surface area contributed by atoms with E-state index in [4.69, 9.17) is 5.11 Å². The number of carboxylic acids is 1. The molecule has 1 aliphatic heterocycles. The van der Waals surface area contributed by atoms with Gasteiger partial charge in [0.25, 0.3) is 5.91 Å². The molecule has 1 heterocycles. The molecule has 0 radical (unpaired) electrons. The summed E-state index contributed by atoms with van der Waals surface area (Å²) in [7, 11) is 1.47. The molecule has 1 atom stereocenters. The lowest BCUT2D eigenvalue weighted by molar-refractivity contribution is -0.141. The summed E-state index contributed by atoms with van der Waals surface area (Å²) < 4.78 is 0. The maximum Gasteiger partial charge on any atom is 0.326 e. The first-order valence-electron chi connectivity index (χ1n) is 6.74. The molecule has 0 bridgehead atoms. The maximum atomic E-state index is 12.3. The molecule has 112 valence electrons. The van der Waals surface area contributed by atoms with E-state index in [9.17, 15) is 14.4 Å². The number of anilines is 1. The number of carbonyl (C=O) groups is 3. The fraction of sp³-hybridized carbons (Fsp3) is 0.400. The highest BCUT2D eigenvalue weighted by Crippen LogP contribution is 2.29. The van der Waals surface area contributed by atoms with Gasteiger partial charge in [0.2, 0.25) is 5.91 Å². The average molecular weight is 290 g/mol. The number of carbonyl (C=O) groups excluding carboxylic acids is 2. The van der Waals surface area contributed by atoms with E-state index < -0.39 is 12.0 Å². The summed E-state index contributed by atoms with van der Waals surface area (Å²) in [6.45, 7) is 3.59. The van der Waals surface area contributed by atoms with E-state index >= 15 is 0 Å². The summed E-state index contributed by atoms with van der Waals surface area (Å²) in [5.74, 6) is -1.41. The van der Waals surface area contributed by atoms with Crippen LogP contribution in [-0.2, 0) is 16.0 Å². The van der Waals surface area contributed by atoms with Gasteiger partial charge in [-0.2, -0.15) is 0 Å². The SMILES string of the molecule is CC(=O)N1CCc2cc(C(=O)N(C)[C@@H](C)C(=O)O)ccc21. The van der Waals surface area contributed by atoms with Crippen LogP contribution in [0.15, 0.2) is 18.2 Å². The molecule has 21 heavy (non-hydrogen) atoms. The normalized spacial score (nSPS) is 14.5. The number of amides is 2. The van der Waals surface area contributed by atoms with Gasteiger partial charge in [0.15, 0.2) is 0 Å². The number of fused-ring (bicyclic) bond motifs is 1.